The van der Waals surface area contributed by atoms with E-state index in [-0.39, 0.29) is 26.6 Å². The number of aromatic nitrogens is 2. The van der Waals surface area contributed by atoms with E-state index in [4.69, 9.17) is 39.5 Å². The summed E-state index contributed by atoms with van der Waals surface area (Å²) in [6.07, 6.45) is -1.01. The first-order valence-corrected chi connectivity index (χ1v) is 9.39. The molecule has 1 N–H and O–H groups in total. The Morgan fingerprint density at radius 3 is 2.20 bits per heavy atom. The van der Waals surface area contributed by atoms with Crippen molar-refractivity contribution in [3.8, 4) is 11.5 Å². The molecule has 0 aliphatic carbocycles. The second-order valence-corrected chi connectivity index (χ2v) is 7.14. The van der Waals surface area contributed by atoms with Crippen LogP contribution in [0.2, 0.25) is 15.1 Å². The van der Waals surface area contributed by atoms with Crippen molar-refractivity contribution in [3.63, 3.8) is 0 Å². The highest BCUT2D eigenvalue weighted by molar-refractivity contribution is 6.37. The smallest absolute Gasteiger partial charge is 0.417 e. The van der Waals surface area contributed by atoms with Gasteiger partial charge < -0.3 is 4.74 Å². The normalized spacial score (nSPS) is 12.0. The van der Waals surface area contributed by atoms with E-state index in [1.807, 2.05) is 0 Å². The molecule has 5 nitrogen and oxygen atoms in total. The third-order valence-corrected chi connectivity index (χ3v) is 4.63. The van der Waals surface area contributed by atoms with Crippen molar-refractivity contribution in [1.82, 2.24) is 9.97 Å². The largest absolute Gasteiger partial charge is 0.454 e. The number of anilines is 1. The molecule has 2 heterocycles. The van der Waals surface area contributed by atoms with Crippen LogP contribution < -0.4 is 10.2 Å². The second kappa shape index (κ2) is 9.07. The van der Waals surface area contributed by atoms with Crippen LogP contribution in [0.15, 0.2) is 54.0 Å². The number of ether oxygens (including phenoxy) is 1. The van der Waals surface area contributed by atoms with Gasteiger partial charge in [0.05, 0.1) is 16.3 Å². The van der Waals surface area contributed by atoms with Crippen LogP contribution in [-0.2, 0) is 6.18 Å². The van der Waals surface area contributed by atoms with E-state index in [1.165, 1.54) is 12.4 Å². The van der Waals surface area contributed by atoms with Crippen molar-refractivity contribution < 1.29 is 17.9 Å². The number of hydrazone groups is 1. The van der Waals surface area contributed by atoms with Gasteiger partial charge in [-0.1, -0.05) is 34.8 Å². The molecule has 0 aliphatic rings. The Morgan fingerprint density at radius 1 is 1.00 bits per heavy atom. The average Bonchev–Trinajstić information content (AvgIpc) is 2.69. The molecule has 0 saturated heterocycles. The van der Waals surface area contributed by atoms with E-state index >= 15 is 0 Å². The highest BCUT2D eigenvalue weighted by Crippen LogP contribution is 2.35. The monoisotopic (exact) mass is 474 g/mol. The molecular weight excluding hydrogens is 464 g/mol. The maximum Gasteiger partial charge on any atom is 0.417 e. The highest BCUT2D eigenvalue weighted by atomic mass is 35.5. The van der Waals surface area contributed by atoms with Crippen LogP contribution in [0.3, 0.4) is 0 Å². The van der Waals surface area contributed by atoms with Crippen LogP contribution in [0.5, 0.6) is 11.5 Å². The molecule has 0 radical (unpaired) electrons. The average molecular weight is 476 g/mol. The summed E-state index contributed by atoms with van der Waals surface area (Å²) in [5, 5.41) is 4.45. The third-order valence-electron chi connectivity index (χ3n) is 3.80. The minimum absolute atomic E-state index is 0.00550. The molecule has 3 rings (SSSR count). The Morgan fingerprint density at radius 2 is 1.63 bits per heavy atom. The summed E-state index contributed by atoms with van der Waals surface area (Å²) in [6, 6.07) is 7.63. The summed E-state index contributed by atoms with van der Waals surface area (Å²) in [5.74, 6) is 0.782. The Hall–Kier alpha value is -2.55. The quantitative estimate of drug-likeness (QED) is 0.316. The van der Waals surface area contributed by atoms with Crippen LogP contribution in [0.1, 0.15) is 18.1 Å². The van der Waals surface area contributed by atoms with Gasteiger partial charge in [0.2, 0.25) is 0 Å². The van der Waals surface area contributed by atoms with Crippen LogP contribution >= 0.6 is 34.8 Å². The van der Waals surface area contributed by atoms with E-state index in [1.54, 1.807) is 31.2 Å². The van der Waals surface area contributed by atoms with Gasteiger partial charge in [0.15, 0.2) is 11.6 Å². The maximum atomic E-state index is 12.7. The highest BCUT2D eigenvalue weighted by Gasteiger charge is 2.31. The number of pyridine rings is 2. The Labute approximate surface area is 184 Å². The molecule has 156 valence electrons. The van der Waals surface area contributed by atoms with E-state index < -0.39 is 11.7 Å². The first-order chi connectivity index (χ1) is 14.1. The molecule has 0 unspecified atom stereocenters. The molecule has 1 aromatic carbocycles. The molecule has 0 bridgehead atoms. The molecule has 11 heteroatoms. The topological polar surface area (TPSA) is 59.4 Å². The van der Waals surface area contributed by atoms with Gasteiger partial charge in [-0.05, 0) is 42.8 Å². The summed E-state index contributed by atoms with van der Waals surface area (Å²) in [6.45, 7) is 1.71. The van der Waals surface area contributed by atoms with Crippen LogP contribution in [0.4, 0.5) is 19.0 Å². The van der Waals surface area contributed by atoms with Crippen molar-refractivity contribution in [2.75, 3.05) is 5.43 Å². The lowest BCUT2D eigenvalue weighted by molar-refractivity contribution is -0.137. The van der Waals surface area contributed by atoms with Crippen molar-refractivity contribution in [2.45, 2.75) is 13.1 Å². The van der Waals surface area contributed by atoms with Crippen molar-refractivity contribution in [3.05, 3.63) is 75.1 Å². The van der Waals surface area contributed by atoms with Gasteiger partial charge in [-0.3, -0.25) is 10.4 Å². The first-order valence-electron chi connectivity index (χ1n) is 8.25. The molecule has 3 aromatic rings. The van der Waals surface area contributed by atoms with Gasteiger partial charge in [0, 0.05) is 18.6 Å². The van der Waals surface area contributed by atoms with Gasteiger partial charge in [-0.25, -0.2) is 4.98 Å². The molecule has 0 amide bonds. The van der Waals surface area contributed by atoms with Gasteiger partial charge in [0.25, 0.3) is 0 Å². The summed E-state index contributed by atoms with van der Waals surface area (Å²) in [5.41, 5.74) is 2.89. The number of benzene rings is 1. The van der Waals surface area contributed by atoms with Gasteiger partial charge in [0.1, 0.15) is 15.8 Å². The molecule has 0 spiro atoms. The lowest BCUT2D eigenvalue weighted by atomic mass is 10.1. The maximum absolute atomic E-state index is 12.7. The molecule has 30 heavy (non-hydrogen) atoms. The predicted molar refractivity (Wildman–Crippen MR) is 111 cm³/mol. The number of nitrogens with zero attached hydrogens (tertiary/aromatic N) is 3. The van der Waals surface area contributed by atoms with Crippen LogP contribution in [-0.4, -0.2) is 15.7 Å². The zero-order valence-electron chi connectivity index (χ0n) is 15.1. The minimum Gasteiger partial charge on any atom is -0.454 e. The summed E-state index contributed by atoms with van der Waals surface area (Å²) in [7, 11) is 0. The molecule has 0 saturated carbocycles. The van der Waals surface area contributed by atoms with Crippen molar-refractivity contribution in [2.24, 2.45) is 5.10 Å². The Balaban J connectivity index is 1.71. The van der Waals surface area contributed by atoms with Gasteiger partial charge in [-0.2, -0.15) is 18.3 Å². The molecule has 0 fully saturated rings. The predicted octanol–water partition coefficient (Wildman–Crippen LogP) is 7.08. The Kier molecular flexibility index (Phi) is 6.70. The zero-order chi connectivity index (χ0) is 21.9. The lowest BCUT2D eigenvalue weighted by Gasteiger charge is -2.10. The Bertz CT molecular complexity index is 1070. The lowest BCUT2D eigenvalue weighted by Crippen LogP contribution is -2.07. The number of rotatable bonds is 5. The van der Waals surface area contributed by atoms with E-state index in [2.05, 4.69) is 20.5 Å². The van der Waals surface area contributed by atoms with Crippen LogP contribution in [0.25, 0.3) is 0 Å². The van der Waals surface area contributed by atoms with Crippen molar-refractivity contribution >= 4 is 46.3 Å². The molecular formula is C19H12Cl3F3N4O. The number of hydrogen-bond acceptors (Lipinski definition) is 5. The van der Waals surface area contributed by atoms with E-state index in [0.717, 1.165) is 11.6 Å². The molecule has 0 atom stereocenters. The fourth-order valence-corrected chi connectivity index (χ4v) is 2.91. The number of hydrogen-bond donors (Lipinski definition) is 1. The van der Waals surface area contributed by atoms with E-state index in [0.29, 0.717) is 17.7 Å². The van der Waals surface area contributed by atoms with E-state index in [9.17, 15) is 13.2 Å². The standard InChI is InChI=1S/C19H12Cl3F3N4O/c1-10(28-29-18-14(20)6-12(7-27-18)19(23,24)25)11-2-4-13(5-3-11)30-17-15(21)8-26-9-16(17)22/h2-9H,1H3,(H,27,29)/b28-10-. The summed E-state index contributed by atoms with van der Waals surface area (Å²) in [4.78, 5) is 7.52. The summed E-state index contributed by atoms with van der Waals surface area (Å²) < 4.78 is 43.7. The van der Waals surface area contributed by atoms with Crippen molar-refractivity contribution in [1.29, 1.82) is 0 Å². The molecule has 0 aliphatic heterocycles. The minimum atomic E-state index is -4.52. The SMILES string of the molecule is C/C(=N/Nc1ncc(C(F)(F)F)cc1Cl)c1ccc(Oc2c(Cl)cncc2Cl)cc1. The van der Waals surface area contributed by atoms with Crippen LogP contribution in [0, 0.1) is 0 Å². The van der Waals surface area contributed by atoms with Gasteiger partial charge in [-0.15, -0.1) is 0 Å². The number of alkyl halides is 3. The van der Waals surface area contributed by atoms with Gasteiger partial charge >= 0.3 is 6.18 Å². The second-order valence-electron chi connectivity index (χ2n) is 5.92. The fourth-order valence-electron chi connectivity index (χ4n) is 2.26. The third kappa shape index (κ3) is 5.33. The fraction of sp³-hybridized carbons (Fsp3) is 0.105. The summed E-state index contributed by atoms with van der Waals surface area (Å²) >= 11 is 17.9. The number of halogens is 6. The zero-order valence-corrected chi connectivity index (χ0v) is 17.4. The first kappa shape index (κ1) is 22.1. The molecule has 2 aromatic heterocycles. The number of nitrogens with one attached hydrogen (secondary N) is 1.